The Hall–Kier alpha value is -1.06. The second-order valence-electron chi connectivity index (χ2n) is 7.35. The van der Waals surface area contributed by atoms with Crippen molar-refractivity contribution >= 4 is 17.5 Å². The van der Waals surface area contributed by atoms with Gasteiger partial charge in [0.25, 0.3) is 0 Å². The van der Waals surface area contributed by atoms with Crippen molar-refractivity contribution in [3.05, 3.63) is 34.9 Å². The molecular formula is C18H27ClN2O. The molecule has 2 rings (SSSR count). The Kier molecular flexibility index (Phi) is 5.87. The zero-order chi connectivity index (χ0) is 16.2. The third-order valence-electron chi connectivity index (χ3n) is 3.94. The molecule has 0 spiro atoms. The van der Waals surface area contributed by atoms with Crippen molar-refractivity contribution in [2.75, 3.05) is 32.7 Å². The Morgan fingerprint density at radius 1 is 1.18 bits per heavy atom. The van der Waals surface area contributed by atoms with Crippen molar-refractivity contribution in [3.8, 4) is 0 Å². The quantitative estimate of drug-likeness (QED) is 0.847. The zero-order valence-electron chi connectivity index (χ0n) is 13.9. The number of hydrogen-bond acceptors (Lipinski definition) is 2. The summed E-state index contributed by atoms with van der Waals surface area (Å²) in [5.74, 6) is 0.260. The maximum atomic E-state index is 12.3. The van der Waals surface area contributed by atoms with Crippen LogP contribution < -0.4 is 0 Å². The summed E-state index contributed by atoms with van der Waals surface area (Å²) in [7, 11) is 0. The molecule has 1 fully saturated rings. The number of aryl methyl sites for hydroxylation is 1. The summed E-state index contributed by atoms with van der Waals surface area (Å²) >= 11 is 5.98. The number of carbonyl (C=O) groups is 1. The molecule has 0 N–H and O–H groups in total. The minimum absolute atomic E-state index is 0.260. The molecule has 0 aliphatic carbocycles. The SMILES string of the molecule is CC(C)(C)CN1CCN(C(=O)CCc2cccc(Cl)c2)CC1. The molecule has 1 amide bonds. The summed E-state index contributed by atoms with van der Waals surface area (Å²) in [5.41, 5.74) is 1.45. The van der Waals surface area contributed by atoms with Gasteiger partial charge in [0, 0.05) is 44.2 Å². The van der Waals surface area contributed by atoms with E-state index in [1.807, 2.05) is 29.2 Å². The lowest BCUT2D eigenvalue weighted by Gasteiger charge is -2.37. The fourth-order valence-corrected chi connectivity index (χ4v) is 3.14. The van der Waals surface area contributed by atoms with Crippen LogP contribution in [0.1, 0.15) is 32.8 Å². The predicted octanol–water partition coefficient (Wildman–Crippen LogP) is 3.46. The fraction of sp³-hybridized carbons (Fsp3) is 0.611. The molecule has 1 aromatic rings. The first-order valence-electron chi connectivity index (χ1n) is 8.08. The Morgan fingerprint density at radius 2 is 1.86 bits per heavy atom. The van der Waals surface area contributed by atoms with E-state index in [0.29, 0.717) is 11.8 Å². The Labute approximate surface area is 139 Å². The number of halogens is 1. The monoisotopic (exact) mass is 322 g/mol. The second-order valence-corrected chi connectivity index (χ2v) is 7.78. The largest absolute Gasteiger partial charge is 0.340 e. The fourth-order valence-electron chi connectivity index (χ4n) is 2.93. The molecule has 22 heavy (non-hydrogen) atoms. The van der Waals surface area contributed by atoms with Crippen LogP contribution in [0.15, 0.2) is 24.3 Å². The van der Waals surface area contributed by atoms with Crippen LogP contribution in [0.4, 0.5) is 0 Å². The van der Waals surface area contributed by atoms with E-state index in [9.17, 15) is 4.79 Å². The molecule has 1 aliphatic heterocycles. The lowest BCUT2D eigenvalue weighted by Crippen LogP contribution is -2.50. The van der Waals surface area contributed by atoms with E-state index in [1.165, 1.54) is 0 Å². The molecule has 1 aliphatic rings. The molecule has 0 radical (unpaired) electrons. The van der Waals surface area contributed by atoms with Gasteiger partial charge < -0.3 is 4.90 Å². The van der Waals surface area contributed by atoms with E-state index in [4.69, 9.17) is 11.6 Å². The number of carbonyl (C=O) groups excluding carboxylic acids is 1. The van der Waals surface area contributed by atoms with Crippen molar-refractivity contribution in [1.29, 1.82) is 0 Å². The standard InChI is InChI=1S/C18H27ClN2O/c1-18(2,3)14-20-9-11-21(12-10-20)17(22)8-7-15-5-4-6-16(19)13-15/h4-6,13H,7-12,14H2,1-3H3. The van der Waals surface area contributed by atoms with Crippen LogP contribution in [0.25, 0.3) is 0 Å². The molecule has 4 heteroatoms. The number of piperazine rings is 1. The van der Waals surface area contributed by atoms with E-state index in [1.54, 1.807) is 0 Å². The maximum Gasteiger partial charge on any atom is 0.222 e. The molecule has 1 saturated heterocycles. The minimum atomic E-state index is 0.260. The van der Waals surface area contributed by atoms with Crippen molar-refractivity contribution < 1.29 is 4.79 Å². The first-order valence-corrected chi connectivity index (χ1v) is 8.46. The molecule has 3 nitrogen and oxygen atoms in total. The third kappa shape index (κ3) is 5.62. The lowest BCUT2D eigenvalue weighted by molar-refractivity contribution is -0.133. The van der Waals surface area contributed by atoms with Crippen LogP contribution in [0.3, 0.4) is 0 Å². The normalized spacial score (nSPS) is 16.8. The highest BCUT2D eigenvalue weighted by atomic mass is 35.5. The van der Waals surface area contributed by atoms with Crippen molar-refractivity contribution in [3.63, 3.8) is 0 Å². The minimum Gasteiger partial charge on any atom is -0.340 e. The maximum absolute atomic E-state index is 12.3. The molecule has 0 saturated carbocycles. The summed E-state index contributed by atoms with van der Waals surface area (Å²) in [6.45, 7) is 11.5. The van der Waals surface area contributed by atoms with Gasteiger partial charge in [0.15, 0.2) is 0 Å². The number of benzene rings is 1. The summed E-state index contributed by atoms with van der Waals surface area (Å²) in [4.78, 5) is 16.8. The number of nitrogens with zero attached hydrogens (tertiary/aromatic N) is 2. The van der Waals surface area contributed by atoms with Crippen LogP contribution in [0, 0.1) is 5.41 Å². The smallest absolute Gasteiger partial charge is 0.222 e. The van der Waals surface area contributed by atoms with Gasteiger partial charge in [-0.2, -0.15) is 0 Å². The van der Waals surface area contributed by atoms with E-state index < -0.39 is 0 Å². The van der Waals surface area contributed by atoms with E-state index in [-0.39, 0.29) is 5.91 Å². The third-order valence-corrected chi connectivity index (χ3v) is 4.17. The van der Waals surface area contributed by atoms with E-state index >= 15 is 0 Å². The van der Waals surface area contributed by atoms with Gasteiger partial charge in [0.2, 0.25) is 5.91 Å². The van der Waals surface area contributed by atoms with Gasteiger partial charge in [0.05, 0.1) is 0 Å². The van der Waals surface area contributed by atoms with Crippen LogP contribution >= 0.6 is 11.6 Å². The molecule has 0 aromatic heterocycles. The summed E-state index contributed by atoms with van der Waals surface area (Å²) in [6, 6.07) is 7.77. The highest BCUT2D eigenvalue weighted by Gasteiger charge is 2.23. The summed E-state index contributed by atoms with van der Waals surface area (Å²) < 4.78 is 0. The molecular weight excluding hydrogens is 296 g/mol. The first kappa shape index (κ1) is 17.3. The highest BCUT2D eigenvalue weighted by Crippen LogP contribution is 2.17. The average molecular weight is 323 g/mol. The molecule has 0 unspecified atom stereocenters. The van der Waals surface area contributed by atoms with E-state index in [0.717, 1.165) is 49.7 Å². The molecule has 1 heterocycles. The lowest BCUT2D eigenvalue weighted by atomic mass is 9.96. The topological polar surface area (TPSA) is 23.6 Å². The van der Waals surface area contributed by atoms with Gasteiger partial charge in [0.1, 0.15) is 0 Å². The van der Waals surface area contributed by atoms with Crippen LogP contribution in [-0.2, 0) is 11.2 Å². The Bertz CT molecular complexity index is 502. The van der Waals surface area contributed by atoms with Gasteiger partial charge in [-0.15, -0.1) is 0 Å². The van der Waals surface area contributed by atoms with Crippen LogP contribution in [-0.4, -0.2) is 48.4 Å². The summed E-state index contributed by atoms with van der Waals surface area (Å²) in [5, 5.41) is 0.737. The number of amides is 1. The number of hydrogen-bond donors (Lipinski definition) is 0. The van der Waals surface area contributed by atoms with Gasteiger partial charge in [-0.3, -0.25) is 9.69 Å². The summed E-state index contributed by atoms with van der Waals surface area (Å²) in [6.07, 6.45) is 1.33. The van der Waals surface area contributed by atoms with Gasteiger partial charge in [-0.1, -0.05) is 44.5 Å². The van der Waals surface area contributed by atoms with Gasteiger partial charge in [-0.05, 0) is 29.5 Å². The van der Waals surface area contributed by atoms with Crippen molar-refractivity contribution in [2.45, 2.75) is 33.6 Å². The van der Waals surface area contributed by atoms with Crippen LogP contribution in [0.2, 0.25) is 5.02 Å². The highest BCUT2D eigenvalue weighted by molar-refractivity contribution is 6.30. The second kappa shape index (κ2) is 7.47. The predicted molar refractivity (Wildman–Crippen MR) is 92.2 cm³/mol. The molecule has 0 bridgehead atoms. The van der Waals surface area contributed by atoms with Crippen molar-refractivity contribution in [1.82, 2.24) is 9.80 Å². The van der Waals surface area contributed by atoms with Crippen LogP contribution in [0.5, 0.6) is 0 Å². The first-order chi connectivity index (χ1) is 10.3. The van der Waals surface area contributed by atoms with Gasteiger partial charge in [-0.25, -0.2) is 0 Å². The molecule has 0 atom stereocenters. The Morgan fingerprint density at radius 3 is 2.45 bits per heavy atom. The number of rotatable bonds is 4. The van der Waals surface area contributed by atoms with Crippen molar-refractivity contribution in [2.24, 2.45) is 5.41 Å². The Balaban J connectivity index is 1.75. The molecule has 1 aromatic carbocycles. The average Bonchev–Trinajstić information content (AvgIpc) is 2.44. The molecule has 122 valence electrons. The van der Waals surface area contributed by atoms with E-state index in [2.05, 4.69) is 25.7 Å². The van der Waals surface area contributed by atoms with Gasteiger partial charge >= 0.3 is 0 Å². The zero-order valence-corrected chi connectivity index (χ0v) is 14.7.